The fraction of sp³-hybridized carbons (Fsp3) is 0.714. The van der Waals surface area contributed by atoms with Gasteiger partial charge in [0.1, 0.15) is 13.2 Å². The van der Waals surface area contributed by atoms with E-state index in [4.69, 9.17) is 10.5 Å². The quantitative estimate of drug-likeness (QED) is 0.526. The molecule has 0 unspecified atom stereocenters. The molecule has 0 aliphatic carbocycles. The number of nitrogens with zero attached hydrogens (tertiary/aromatic N) is 1. The van der Waals surface area contributed by atoms with Crippen molar-refractivity contribution in [3.8, 4) is 0 Å². The number of morpholine rings is 1. The van der Waals surface area contributed by atoms with Gasteiger partial charge >= 0.3 is 0 Å². The Kier molecular flexibility index (Phi) is 2.78. The van der Waals surface area contributed by atoms with E-state index in [-0.39, 0.29) is 37.6 Å². The van der Waals surface area contributed by atoms with E-state index in [0.29, 0.717) is 0 Å². The Morgan fingerprint density at radius 2 is 2.00 bits per heavy atom. The van der Waals surface area contributed by atoms with Crippen LogP contribution in [-0.4, -0.2) is 42.5 Å². The summed E-state index contributed by atoms with van der Waals surface area (Å²) in [6.45, 7) is 1.99. The molecule has 1 heterocycles. The molecule has 5 heteroatoms. The minimum absolute atomic E-state index is 0.0154. The molecule has 12 heavy (non-hydrogen) atoms. The second-order valence-electron chi connectivity index (χ2n) is 2.87. The number of amides is 2. The van der Waals surface area contributed by atoms with Crippen LogP contribution < -0.4 is 5.73 Å². The van der Waals surface area contributed by atoms with E-state index >= 15 is 0 Å². The smallest absolute Gasteiger partial charge is 0.255 e. The van der Waals surface area contributed by atoms with E-state index in [2.05, 4.69) is 0 Å². The number of nitrogens with two attached hydrogens (primary N) is 1. The van der Waals surface area contributed by atoms with E-state index in [9.17, 15) is 9.59 Å². The fourth-order valence-corrected chi connectivity index (χ4v) is 1.01. The predicted molar refractivity (Wildman–Crippen MR) is 41.2 cm³/mol. The normalized spacial score (nSPS) is 21.3. The molecule has 0 saturated carbocycles. The van der Waals surface area contributed by atoms with E-state index in [1.165, 1.54) is 0 Å². The highest BCUT2D eigenvalue weighted by Gasteiger charge is 2.26. The summed E-state index contributed by atoms with van der Waals surface area (Å²) in [5.74, 6) is -0.605. The van der Waals surface area contributed by atoms with Crippen molar-refractivity contribution in [2.45, 2.75) is 13.0 Å². The Morgan fingerprint density at radius 3 is 2.42 bits per heavy atom. The molecule has 0 radical (unpaired) electrons. The van der Waals surface area contributed by atoms with E-state index in [0.717, 1.165) is 4.90 Å². The van der Waals surface area contributed by atoms with Gasteiger partial charge in [-0.05, 0) is 6.92 Å². The summed E-state index contributed by atoms with van der Waals surface area (Å²) in [6, 6.07) is -0.184. The van der Waals surface area contributed by atoms with Crippen molar-refractivity contribution in [2.24, 2.45) is 5.73 Å². The molecule has 1 atom stereocenters. The summed E-state index contributed by atoms with van der Waals surface area (Å²) in [6.07, 6.45) is 0. The second kappa shape index (κ2) is 3.64. The van der Waals surface area contributed by atoms with Gasteiger partial charge in [-0.1, -0.05) is 0 Å². The SMILES string of the molecule is C[C@@H](N)CN1C(=O)COCC1=O. The van der Waals surface area contributed by atoms with Crippen LogP contribution in [0, 0.1) is 0 Å². The molecule has 1 aliphatic rings. The number of imide groups is 1. The topological polar surface area (TPSA) is 72.6 Å². The first-order chi connectivity index (χ1) is 5.61. The first-order valence-electron chi connectivity index (χ1n) is 3.78. The summed E-state index contributed by atoms with van der Waals surface area (Å²) in [5.41, 5.74) is 5.46. The van der Waals surface area contributed by atoms with Gasteiger partial charge in [0, 0.05) is 12.6 Å². The molecular formula is C7H12N2O3. The van der Waals surface area contributed by atoms with Crippen molar-refractivity contribution in [3.63, 3.8) is 0 Å². The molecule has 0 aromatic carbocycles. The van der Waals surface area contributed by atoms with Crippen LogP contribution in [0.1, 0.15) is 6.92 Å². The Hall–Kier alpha value is -0.940. The van der Waals surface area contributed by atoms with Crippen LogP contribution in [0.25, 0.3) is 0 Å². The van der Waals surface area contributed by atoms with Gasteiger partial charge in [0.15, 0.2) is 0 Å². The molecule has 0 bridgehead atoms. The number of carbonyl (C=O) groups is 2. The van der Waals surface area contributed by atoms with Crippen molar-refractivity contribution in [1.82, 2.24) is 4.90 Å². The van der Waals surface area contributed by atoms with E-state index in [1.807, 2.05) is 0 Å². The third kappa shape index (κ3) is 2.02. The fourth-order valence-electron chi connectivity index (χ4n) is 1.01. The molecule has 1 fully saturated rings. The number of carbonyl (C=O) groups excluding carboxylic acids is 2. The Bertz CT molecular complexity index is 187. The minimum Gasteiger partial charge on any atom is -0.362 e. The van der Waals surface area contributed by atoms with Crippen LogP contribution in [0.5, 0.6) is 0 Å². The summed E-state index contributed by atoms with van der Waals surface area (Å²) in [4.78, 5) is 23.3. The van der Waals surface area contributed by atoms with Crippen LogP contribution >= 0.6 is 0 Å². The van der Waals surface area contributed by atoms with Gasteiger partial charge in [-0.2, -0.15) is 0 Å². The Morgan fingerprint density at radius 1 is 1.50 bits per heavy atom. The van der Waals surface area contributed by atoms with Crippen LogP contribution in [-0.2, 0) is 14.3 Å². The van der Waals surface area contributed by atoms with E-state index < -0.39 is 0 Å². The van der Waals surface area contributed by atoms with Crippen LogP contribution in [0.2, 0.25) is 0 Å². The van der Waals surface area contributed by atoms with Crippen molar-refractivity contribution in [1.29, 1.82) is 0 Å². The molecular weight excluding hydrogens is 160 g/mol. The second-order valence-corrected chi connectivity index (χ2v) is 2.87. The van der Waals surface area contributed by atoms with Gasteiger partial charge in [-0.25, -0.2) is 0 Å². The zero-order chi connectivity index (χ0) is 9.14. The first kappa shape index (κ1) is 9.15. The summed E-state index contributed by atoms with van der Waals surface area (Å²) in [7, 11) is 0. The minimum atomic E-state index is -0.302. The number of hydrogen-bond donors (Lipinski definition) is 1. The zero-order valence-electron chi connectivity index (χ0n) is 6.95. The zero-order valence-corrected chi connectivity index (χ0v) is 6.95. The molecule has 5 nitrogen and oxygen atoms in total. The number of rotatable bonds is 2. The van der Waals surface area contributed by atoms with Crippen molar-refractivity contribution < 1.29 is 14.3 Å². The number of ether oxygens (including phenoxy) is 1. The first-order valence-corrected chi connectivity index (χ1v) is 3.78. The maximum Gasteiger partial charge on any atom is 0.255 e. The molecule has 2 N–H and O–H groups in total. The molecule has 0 aromatic heterocycles. The maximum atomic E-state index is 11.1. The largest absolute Gasteiger partial charge is 0.362 e. The summed E-state index contributed by atoms with van der Waals surface area (Å²) >= 11 is 0. The summed E-state index contributed by atoms with van der Waals surface area (Å²) < 4.78 is 4.72. The molecule has 1 rings (SSSR count). The molecule has 1 saturated heterocycles. The molecule has 2 amide bonds. The predicted octanol–water partition coefficient (Wildman–Crippen LogP) is -1.28. The standard InChI is InChI=1S/C7H12N2O3/c1-5(8)2-9-6(10)3-12-4-7(9)11/h5H,2-4,8H2,1H3/t5-/m1/s1. The van der Waals surface area contributed by atoms with Crippen molar-refractivity contribution in [2.75, 3.05) is 19.8 Å². The van der Waals surface area contributed by atoms with E-state index in [1.54, 1.807) is 6.92 Å². The molecule has 1 aliphatic heterocycles. The van der Waals surface area contributed by atoms with Gasteiger partial charge < -0.3 is 10.5 Å². The highest BCUT2D eigenvalue weighted by Crippen LogP contribution is 2.00. The van der Waals surface area contributed by atoms with Crippen LogP contribution in [0.15, 0.2) is 0 Å². The van der Waals surface area contributed by atoms with Gasteiger partial charge in [-0.3, -0.25) is 14.5 Å². The van der Waals surface area contributed by atoms with Gasteiger partial charge in [0.05, 0.1) is 0 Å². The highest BCUT2D eigenvalue weighted by molar-refractivity contribution is 5.98. The lowest BCUT2D eigenvalue weighted by molar-refractivity contribution is -0.158. The average molecular weight is 172 g/mol. The molecule has 68 valence electrons. The third-order valence-corrected chi connectivity index (χ3v) is 1.52. The summed E-state index contributed by atoms with van der Waals surface area (Å²) in [5, 5.41) is 0. The maximum absolute atomic E-state index is 11.1. The highest BCUT2D eigenvalue weighted by atomic mass is 16.5. The average Bonchev–Trinajstić information content (AvgIpc) is 1.97. The van der Waals surface area contributed by atoms with Gasteiger partial charge in [0.25, 0.3) is 11.8 Å². The monoisotopic (exact) mass is 172 g/mol. The van der Waals surface area contributed by atoms with Crippen molar-refractivity contribution >= 4 is 11.8 Å². The lowest BCUT2D eigenvalue weighted by Gasteiger charge is -2.26. The molecule has 0 spiro atoms. The van der Waals surface area contributed by atoms with Crippen molar-refractivity contribution in [3.05, 3.63) is 0 Å². The Balaban J connectivity index is 2.57. The third-order valence-electron chi connectivity index (χ3n) is 1.52. The molecule has 0 aromatic rings. The Labute approximate surface area is 70.5 Å². The van der Waals surface area contributed by atoms with Gasteiger partial charge in [0.2, 0.25) is 0 Å². The van der Waals surface area contributed by atoms with Crippen LogP contribution in [0.3, 0.4) is 0 Å². The number of hydrogen-bond acceptors (Lipinski definition) is 4. The van der Waals surface area contributed by atoms with Gasteiger partial charge in [-0.15, -0.1) is 0 Å². The van der Waals surface area contributed by atoms with Crippen LogP contribution in [0.4, 0.5) is 0 Å². The lowest BCUT2D eigenvalue weighted by atomic mass is 10.3. The lowest BCUT2D eigenvalue weighted by Crippen LogP contribution is -2.50.